The first kappa shape index (κ1) is 13.8. The van der Waals surface area contributed by atoms with Crippen LogP contribution in [0.1, 0.15) is 25.3 Å². The van der Waals surface area contributed by atoms with Gasteiger partial charge in [0.15, 0.2) is 0 Å². The van der Waals surface area contributed by atoms with Gasteiger partial charge in [0, 0.05) is 23.8 Å². The lowest BCUT2D eigenvalue weighted by atomic mass is 10.1. The van der Waals surface area contributed by atoms with Crippen LogP contribution < -0.4 is 4.90 Å². The Hall–Kier alpha value is -1.22. The van der Waals surface area contributed by atoms with Crippen molar-refractivity contribution in [3.8, 4) is 0 Å². The summed E-state index contributed by atoms with van der Waals surface area (Å²) in [6.07, 6.45) is 1.14. The maximum absolute atomic E-state index is 10.6. The summed E-state index contributed by atoms with van der Waals surface area (Å²) in [6.45, 7) is 5.46. The van der Waals surface area contributed by atoms with Gasteiger partial charge in [-0.05, 0) is 37.1 Å². The lowest BCUT2D eigenvalue weighted by Crippen LogP contribution is -2.27. The van der Waals surface area contributed by atoms with Crippen molar-refractivity contribution in [3.05, 3.63) is 28.8 Å². The highest BCUT2D eigenvalue weighted by atomic mass is 35.5. The molecule has 0 aliphatic carbocycles. The summed E-state index contributed by atoms with van der Waals surface area (Å²) < 4.78 is 0. The van der Waals surface area contributed by atoms with Crippen LogP contribution in [0.3, 0.4) is 0 Å². The Morgan fingerprint density at radius 1 is 1.41 bits per heavy atom. The molecule has 0 amide bonds. The highest BCUT2D eigenvalue weighted by Gasteiger charge is 2.10. The molecule has 4 heteroatoms. The molecular weight excluding hydrogens is 238 g/mol. The lowest BCUT2D eigenvalue weighted by molar-refractivity contribution is -0.136. The standard InChI is InChI=1S/C13H18ClNO2/c1-3-7-15(8-6-13(16)17)12-5-4-11(14)9-10(12)2/h4-5,9H,3,6-8H2,1-2H3,(H,16,17). The SMILES string of the molecule is CCCN(CCC(=O)O)c1ccc(Cl)cc1C. The number of benzene rings is 1. The molecule has 0 spiro atoms. The number of carboxylic acid groups (broad SMARTS) is 1. The van der Waals surface area contributed by atoms with Crippen molar-refractivity contribution in [1.29, 1.82) is 0 Å². The van der Waals surface area contributed by atoms with E-state index in [2.05, 4.69) is 11.8 Å². The quantitative estimate of drug-likeness (QED) is 0.848. The number of hydrogen-bond donors (Lipinski definition) is 1. The fraction of sp³-hybridized carbons (Fsp3) is 0.462. The summed E-state index contributed by atoms with van der Waals surface area (Å²) >= 11 is 5.91. The summed E-state index contributed by atoms with van der Waals surface area (Å²) in [5.74, 6) is -0.766. The molecule has 0 aliphatic heterocycles. The van der Waals surface area contributed by atoms with E-state index in [1.165, 1.54) is 0 Å². The maximum Gasteiger partial charge on any atom is 0.305 e. The van der Waals surface area contributed by atoms with Gasteiger partial charge < -0.3 is 10.0 Å². The molecule has 94 valence electrons. The van der Waals surface area contributed by atoms with Crippen LogP contribution in [0.15, 0.2) is 18.2 Å². The molecule has 0 bridgehead atoms. The van der Waals surface area contributed by atoms with Crippen LogP contribution in [0, 0.1) is 6.92 Å². The number of aliphatic carboxylic acids is 1. The minimum Gasteiger partial charge on any atom is -0.481 e. The highest BCUT2D eigenvalue weighted by molar-refractivity contribution is 6.30. The van der Waals surface area contributed by atoms with Crippen molar-refractivity contribution < 1.29 is 9.90 Å². The Morgan fingerprint density at radius 2 is 2.12 bits per heavy atom. The number of rotatable bonds is 6. The third-order valence-corrected chi connectivity index (χ3v) is 2.82. The van der Waals surface area contributed by atoms with Gasteiger partial charge in [0.2, 0.25) is 0 Å². The molecule has 1 aromatic rings. The van der Waals surface area contributed by atoms with Crippen molar-refractivity contribution >= 4 is 23.3 Å². The second-order valence-electron chi connectivity index (χ2n) is 4.06. The molecule has 0 unspecified atom stereocenters. The number of aryl methyl sites for hydroxylation is 1. The monoisotopic (exact) mass is 255 g/mol. The van der Waals surface area contributed by atoms with E-state index in [0.29, 0.717) is 11.6 Å². The maximum atomic E-state index is 10.6. The van der Waals surface area contributed by atoms with Gasteiger partial charge in [0.25, 0.3) is 0 Å². The zero-order chi connectivity index (χ0) is 12.8. The van der Waals surface area contributed by atoms with Crippen molar-refractivity contribution in [2.45, 2.75) is 26.7 Å². The molecular formula is C13H18ClNO2. The molecule has 0 fully saturated rings. The van der Waals surface area contributed by atoms with E-state index in [4.69, 9.17) is 16.7 Å². The van der Waals surface area contributed by atoms with Crippen LogP contribution in [0.4, 0.5) is 5.69 Å². The molecule has 3 nitrogen and oxygen atoms in total. The Morgan fingerprint density at radius 3 is 2.65 bits per heavy atom. The molecule has 0 radical (unpaired) electrons. The van der Waals surface area contributed by atoms with Crippen LogP contribution in [-0.2, 0) is 4.79 Å². The third-order valence-electron chi connectivity index (χ3n) is 2.59. The van der Waals surface area contributed by atoms with E-state index < -0.39 is 5.97 Å². The molecule has 0 aliphatic rings. The van der Waals surface area contributed by atoms with Gasteiger partial charge in [-0.2, -0.15) is 0 Å². The van der Waals surface area contributed by atoms with E-state index in [9.17, 15) is 4.79 Å². The van der Waals surface area contributed by atoms with Crippen molar-refractivity contribution in [3.63, 3.8) is 0 Å². The lowest BCUT2D eigenvalue weighted by Gasteiger charge is -2.25. The van der Waals surface area contributed by atoms with Gasteiger partial charge in [-0.25, -0.2) is 0 Å². The molecule has 0 aromatic heterocycles. The van der Waals surface area contributed by atoms with E-state index in [0.717, 1.165) is 24.2 Å². The summed E-state index contributed by atoms with van der Waals surface area (Å²) in [7, 11) is 0. The molecule has 1 aromatic carbocycles. The molecule has 1 rings (SSSR count). The van der Waals surface area contributed by atoms with Crippen LogP contribution in [-0.4, -0.2) is 24.2 Å². The highest BCUT2D eigenvalue weighted by Crippen LogP contribution is 2.23. The van der Waals surface area contributed by atoms with E-state index in [1.807, 2.05) is 25.1 Å². The zero-order valence-electron chi connectivity index (χ0n) is 10.2. The molecule has 17 heavy (non-hydrogen) atoms. The fourth-order valence-electron chi connectivity index (χ4n) is 1.83. The molecule has 0 saturated heterocycles. The largest absolute Gasteiger partial charge is 0.481 e. The van der Waals surface area contributed by atoms with E-state index in [1.54, 1.807) is 0 Å². The summed E-state index contributed by atoms with van der Waals surface area (Å²) in [5, 5.41) is 9.45. The normalized spacial score (nSPS) is 10.3. The predicted octanol–water partition coefficient (Wildman–Crippen LogP) is 3.34. The number of carbonyl (C=O) groups is 1. The second-order valence-corrected chi connectivity index (χ2v) is 4.50. The van der Waals surface area contributed by atoms with E-state index in [-0.39, 0.29) is 6.42 Å². The minimum atomic E-state index is -0.766. The third kappa shape index (κ3) is 4.27. The van der Waals surface area contributed by atoms with E-state index >= 15 is 0 Å². The number of hydrogen-bond acceptors (Lipinski definition) is 2. The Kier molecular flexibility index (Phi) is 5.29. The average molecular weight is 256 g/mol. The van der Waals surface area contributed by atoms with Crippen LogP contribution >= 0.6 is 11.6 Å². The van der Waals surface area contributed by atoms with Gasteiger partial charge in [0.1, 0.15) is 0 Å². The van der Waals surface area contributed by atoms with Gasteiger partial charge in [0.05, 0.1) is 6.42 Å². The Labute approximate surface area is 107 Å². The van der Waals surface area contributed by atoms with Crippen molar-refractivity contribution in [2.75, 3.05) is 18.0 Å². The molecule has 0 saturated carbocycles. The summed E-state index contributed by atoms with van der Waals surface area (Å²) in [4.78, 5) is 12.7. The smallest absolute Gasteiger partial charge is 0.305 e. The minimum absolute atomic E-state index is 0.155. The first-order valence-electron chi connectivity index (χ1n) is 5.77. The number of carboxylic acids is 1. The first-order chi connectivity index (χ1) is 8.04. The first-order valence-corrected chi connectivity index (χ1v) is 6.15. The van der Waals surface area contributed by atoms with Gasteiger partial charge >= 0.3 is 5.97 Å². The molecule has 0 atom stereocenters. The van der Waals surface area contributed by atoms with Crippen LogP contribution in [0.5, 0.6) is 0 Å². The van der Waals surface area contributed by atoms with Crippen molar-refractivity contribution in [2.24, 2.45) is 0 Å². The number of nitrogens with zero attached hydrogens (tertiary/aromatic N) is 1. The topological polar surface area (TPSA) is 40.5 Å². The van der Waals surface area contributed by atoms with Gasteiger partial charge in [-0.1, -0.05) is 18.5 Å². The average Bonchev–Trinajstić information content (AvgIpc) is 2.24. The van der Waals surface area contributed by atoms with Gasteiger partial charge in [-0.3, -0.25) is 4.79 Å². The van der Waals surface area contributed by atoms with Crippen molar-refractivity contribution in [1.82, 2.24) is 0 Å². The zero-order valence-corrected chi connectivity index (χ0v) is 11.0. The second kappa shape index (κ2) is 6.50. The number of anilines is 1. The van der Waals surface area contributed by atoms with Gasteiger partial charge in [-0.15, -0.1) is 0 Å². The molecule has 1 N–H and O–H groups in total. The summed E-state index contributed by atoms with van der Waals surface area (Å²) in [5.41, 5.74) is 2.15. The number of halogens is 1. The predicted molar refractivity (Wildman–Crippen MR) is 70.9 cm³/mol. The molecule has 0 heterocycles. The van der Waals surface area contributed by atoms with Crippen LogP contribution in [0.2, 0.25) is 5.02 Å². The van der Waals surface area contributed by atoms with Crippen LogP contribution in [0.25, 0.3) is 0 Å². The Balaban J connectivity index is 2.84. The summed E-state index contributed by atoms with van der Waals surface area (Å²) in [6, 6.07) is 5.70. The fourth-order valence-corrected chi connectivity index (χ4v) is 2.05. The Bertz CT molecular complexity index is 393.